The lowest BCUT2D eigenvalue weighted by Crippen LogP contribution is -2.15. The van der Waals surface area contributed by atoms with E-state index in [9.17, 15) is 12.8 Å². The highest BCUT2D eigenvalue weighted by atomic mass is 79.9. The maximum absolute atomic E-state index is 14.2. The number of halogens is 2. The van der Waals surface area contributed by atoms with Crippen LogP contribution in [0, 0.1) is 5.82 Å². The maximum atomic E-state index is 14.2. The minimum absolute atomic E-state index is 0.0855. The average Bonchev–Trinajstić information content (AvgIpc) is 2.98. The molecular weight excluding hydrogens is 407 g/mol. The largest absolute Gasteiger partial charge is 0.384 e. The molecule has 1 aromatic heterocycles. The van der Waals surface area contributed by atoms with Crippen LogP contribution in [0.4, 0.5) is 15.2 Å². The van der Waals surface area contributed by atoms with Gasteiger partial charge in [-0.3, -0.25) is 4.72 Å². The number of benzene rings is 1. The van der Waals surface area contributed by atoms with Crippen molar-refractivity contribution in [3.8, 4) is 0 Å². The second-order valence-electron chi connectivity index (χ2n) is 4.75. The van der Waals surface area contributed by atoms with Crippen molar-refractivity contribution >= 4 is 48.3 Å². The minimum atomic E-state index is -4.06. The summed E-state index contributed by atoms with van der Waals surface area (Å²) in [5.74, 6) is -0.830. The SMILES string of the molecule is CCCCCNc1cc(F)c(S(=O)(=O)Nc2ncns2)cc1Br. The van der Waals surface area contributed by atoms with Gasteiger partial charge < -0.3 is 5.32 Å². The van der Waals surface area contributed by atoms with Gasteiger partial charge in [-0.15, -0.1) is 0 Å². The third-order valence-electron chi connectivity index (χ3n) is 2.99. The molecule has 1 heterocycles. The van der Waals surface area contributed by atoms with Crippen molar-refractivity contribution in [1.82, 2.24) is 9.36 Å². The molecule has 0 saturated heterocycles. The van der Waals surface area contributed by atoms with Gasteiger partial charge in [0.1, 0.15) is 17.0 Å². The topological polar surface area (TPSA) is 84.0 Å². The Bertz CT molecular complexity index is 754. The summed E-state index contributed by atoms with van der Waals surface area (Å²) in [6.07, 6.45) is 4.35. The molecule has 0 aliphatic heterocycles. The van der Waals surface area contributed by atoms with Gasteiger partial charge in [0.05, 0.1) is 5.69 Å². The van der Waals surface area contributed by atoms with E-state index in [2.05, 4.69) is 42.3 Å². The van der Waals surface area contributed by atoms with Crippen molar-refractivity contribution in [2.24, 2.45) is 0 Å². The third kappa shape index (κ3) is 4.85. The number of nitrogens with zero attached hydrogens (tertiary/aromatic N) is 2. The summed E-state index contributed by atoms with van der Waals surface area (Å²) in [7, 11) is -4.06. The Balaban J connectivity index is 2.18. The van der Waals surface area contributed by atoms with E-state index in [1.54, 1.807) is 0 Å². The van der Waals surface area contributed by atoms with Crippen LogP contribution in [0.15, 0.2) is 27.8 Å². The molecule has 0 radical (unpaired) electrons. The Morgan fingerprint density at radius 2 is 2.13 bits per heavy atom. The predicted octanol–water partition coefficient (Wildman–Crippen LogP) is 3.84. The van der Waals surface area contributed by atoms with E-state index < -0.39 is 20.7 Å². The summed E-state index contributed by atoms with van der Waals surface area (Å²) >= 11 is 4.15. The fraction of sp³-hybridized carbons (Fsp3) is 0.385. The molecule has 6 nitrogen and oxygen atoms in total. The first-order chi connectivity index (χ1) is 10.9. The molecule has 1 aromatic carbocycles. The van der Waals surface area contributed by atoms with E-state index in [4.69, 9.17) is 0 Å². The number of nitrogens with one attached hydrogen (secondary N) is 2. The molecule has 0 aliphatic carbocycles. The second kappa shape index (κ2) is 8.02. The van der Waals surface area contributed by atoms with Crippen LogP contribution >= 0.6 is 27.5 Å². The molecule has 0 saturated carbocycles. The Morgan fingerprint density at radius 3 is 2.78 bits per heavy atom. The predicted molar refractivity (Wildman–Crippen MR) is 92.8 cm³/mol. The van der Waals surface area contributed by atoms with Crippen molar-refractivity contribution in [1.29, 1.82) is 0 Å². The van der Waals surface area contributed by atoms with Crippen molar-refractivity contribution < 1.29 is 12.8 Å². The highest BCUT2D eigenvalue weighted by Gasteiger charge is 2.22. The molecule has 2 rings (SSSR count). The second-order valence-corrected chi connectivity index (χ2v) is 8.03. The maximum Gasteiger partial charge on any atom is 0.266 e. The Hall–Kier alpha value is -1.26. The zero-order chi connectivity index (χ0) is 16.9. The summed E-state index contributed by atoms with van der Waals surface area (Å²) in [5, 5.41) is 3.18. The molecule has 0 unspecified atom stereocenters. The molecule has 23 heavy (non-hydrogen) atoms. The zero-order valence-corrected chi connectivity index (χ0v) is 15.6. The quantitative estimate of drug-likeness (QED) is 0.631. The lowest BCUT2D eigenvalue weighted by Gasteiger charge is -2.12. The normalized spacial score (nSPS) is 11.4. The van der Waals surface area contributed by atoms with E-state index in [1.807, 2.05) is 0 Å². The first-order valence-corrected chi connectivity index (χ1v) is 10.0. The van der Waals surface area contributed by atoms with Crippen molar-refractivity contribution in [2.45, 2.75) is 31.1 Å². The molecule has 2 aromatic rings. The van der Waals surface area contributed by atoms with Crippen LogP contribution in [0.2, 0.25) is 0 Å². The van der Waals surface area contributed by atoms with Gasteiger partial charge >= 0.3 is 0 Å². The molecule has 10 heteroatoms. The van der Waals surface area contributed by atoms with Crippen LogP contribution in [-0.2, 0) is 10.0 Å². The number of sulfonamides is 1. The Labute approximate surface area is 146 Å². The van der Waals surface area contributed by atoms with Crippen LogP contribution < -0.4 is 10.0 Å². The van der Waals surface area contributed by atoms with E-state index in [0.29, 0.717) is 16.7 Å². The smallest absolute Gasteiger partial charge is 0.266 e. The molecule has 2 N–H and O–H groups in total. The average molecular weight is 423 g/mol. The van der Waals surface area contributed by atoms with Crippen molar-refractivity contribution in [3.05, 3.63) is 28.7 Å². The monoisotopic (exact) mass is 422 g/mol. The van der Waals surface area contributed by atoms with Gasteiger partial charge in [-0.05, 0) is 34.5 Å². The lowest BCUT2D eigenvalue weighted by atomic mass is 10.2. The van der Waals surface area contributed by atoms with E-state index in [-0.39, 0.29) is 5.13 Å². The van der Waals surface area contributed by atoms with Crippen molar-refractivity contribution in [3.63, 3.8) is 0 Å². The van der Waals surface area contributed by atoms with E-state index >= 15 is 0 Å². The zero-order valence-electron chi connectivity index (χ0n) is 12.3. The Morgan fingerprint density at radius 1 is 1.35 bits per heavy atom. The number of rotatable bonds is 8. The first-order valence-electron chi connectivity index (χ1n) is 6.96. The molecule has 0 aliphatic rings. The molecule has 0 bridgehead atoms. The van der Waals surface area contributed by atoms with Gasteiger partial charge in [-0.25, -0.2) is 17.8 Å². The molecule has 0 spiro atoms. The van der Waals surface area contributed by atoms with Gasteiger partial charge in [-0.1, -0.05) is 19.8 Å². The highest BCUT2D eigenvalue weighted by molar-refractivity contribution is 9.10. The van der Waals surface area contributed by atoms with Crippen LogP contribution in [-0.4, -0.2) is 24.3 Å². The third-order valence-corrected chi connectivity index (χ3v) is 5.71. The van der Waals surface area contributed by atoms with Gasteiger partial charge in [0.25, 0.3) is 10.0 Å². The first kappa shape index (κ1) is 18.1. The molecule has 0 atom stereocenters. The van der Waals surface area contributed by atoms with E-state index in [0.717, 1.165) is 30.8 Å². The van der Waals surface area contributed by atoms with Crippen LogP contribution in [0.25, 0.3) is 0 Å². The molecular formula is C13H16BrFN4O2S2. The summed E-state index contributed by atoms with van der Waals surface area (Å²) < 4.78 is 45.0. The van der Waals surface area contributed by atoms with Crippen molar-refractivity contribution in [2.75, 3.05) is 16.6 Å². The molecule has 126 valence electrons. The number of aromatic nitrogens is 2. The van der Waals surface area contributed by atoms with Gasteiger partial charge in [0.2, 0.25) is 5.13 Å². The fourth-order valence-electron chi connectivity index (χ4n) is 1.86. The number of hydrogen-bond donors (Lipinski definition) is 2. The number of anilines is 2. The van der Waals surface area contributed by atoms with E-state index in [1.165, 1.54) is 18.5 Å². The summed E-state index contributed by atoms with van der Waals surface area (Å²) in [6.45, 7) is 2.79. The standard InChI is InChI=1S/C13H16BrFN4O2S2/c1-2-3-4-5-16-11-7-10(15)12(6-9(11)14)23(20,21)19-13-17-8-18-22-13/h6-8,16H,2-5H2,1H3,(H,17,18,19). The van der Waals surface area contributed by atoms with Crippen LogP contribution in [0.5, 0.6) is 0 Å². The van der Waals surface area contributed by atoms with Crippen LogP contribution in [0.3, 0.4) is 0 Å². The van der Waals surface area contributed by atoms with Crippen LogP contribution in [0.1, 0.15) is 26.2 Å². The number of hydrogen-bond acceptors (Lipinski definition) is 6. The molecule has 0 amide bonds. The summed E-state index contributed by atoms with van der Waals surface area (Å²) in [6, 6.07) is 2.41. The minimum Gasteiger partial charge on any atom is -0.384 e. The van der Waals surface area contributed by atoms with Gasteiger partial charge in [-0.2, -0.15) is 4.37 Å². The van der Waals surface area contributed by atoms with Gasteiger partial charge in [0.15, 0.2) is 0 Å². The lowest BCUT2D eigenvalue weighted by molar-refractivity contribution is 0.570. The van der Waals surface area contributed by atoms with Gasteiger partial charge in [0, 0.05) is 22.5 Å². The Kier molecular flexibility index (Phi) is 6.31. The summed E-state index contributed by atoms with van der Waals surface area (Å²) in [5.41, 5.74) is 0.522. The highest BCUT2D eigenvalue weighted by Crippen LogP contribution is 2.29. The fourth-order valence-corrected chi connectivity index (χ4v) is 4.24. The summed E-state index contributed by atoms with van der Waals surface area (Å²) in [4.78, 5) is 3.28. The molecule has 0 fully saturated rings. The number of unbranched alkanes of at least 4 members (excludes halogenated alkanes) is 2.